The third-order valence-electron chi connectivity index (χ3n) is 3.02. The van der Waals surface area contributed by atoms with Crippen LogP contribution in [0, 0.1) is 0 Å². The lowest BCUT2D eigenvalue weighted by molar-refractivity contribution is 0.102. The molecule has 0 unspecified atom stereocenters. The predicted octanol–water partition coefficient (Wildman–Crippen LogP) is 5.01. The summed E-state index contributed by atoms with van der Waals surface area (Å²) in [5.74, 6) is 0.343. The summed E-state index contributed by atoms with van der Waals surface area (Å²) in [7, 11) is 0. The van der Waals surface area contributed by atoms with Gasteiger partial charge in [-0.2, -0.15) is 0 Å². The van der Waals surface area contributed by atoms with Crippen LogP contribution in [0.1, 0.15) is 10.4 Å². The Morgan fingerprint density at radius 3 is 2.52 bits per heavy atom. The first kappa shape index (κ1) is 14.2. The first-order chi connectivity index (χ1) is 10.1. The zero-order valence-electron chi connectivity index (χ0n) is 10.8. The van der Waals surface area contributed by atoms with E-state index in [0.717, 1.165) is 15.2 Å². The second-order valence-electron chi connectivity index (χ2n) is 4.51. The maximum Gasteiger partial charge on any atom is 0.256 e. The number of carbonyl (C=O) groups is 1. The quantitative estimate of drug-likeness (QED) is 0.608. The van der Waals surface area contributed by atoms with E-state index in [2.05, 4.69) is 42.2 Å². The van der Waals surface area contributed by atoms with Gasteiger partial charge in [0.05, 0.1) is 0 Å². The van der Waals surface area contributed by atoms with Gasteiger partial charge in [0, 0.05) is 10.0 Å². The topological polar surface area (TPSA) is 42.0 Å². The highest BCUT2D eigenvalue weighted by molar-refractivity contribution is 9.10. The number of anilines is 1. The van der Waals surface area contributed by atoms with Gasteiger partial charge in [-0.25, -0.2) is 4.98 Å². The van der Waals surface area contributed by atoms with Gasteiger partial charge in [0.15, 0.2) is 0 Å². The summed E-state index contributed by atoms with van der Waals surface area (Å²) in [6, 6.07) is 17.0. The number of pyridine rings is 1. The Kier molecular flexibility index (Phi) is 4.03. The van der Waals surface area contributed by atoms with E-state index >= 15 is 0 Å². The van der Waals surface area contributed by atoms with Crippen LogP contribution >= 0.6 is 31.9 Å². The number of rotatable bonds is 2. The van der Waals surface area contributed by atoms with Crippen LogP contribution in [-0.4, -0.2) is 10.9 Å². The number of amides is 1. The zero-order chi connectivity index (χ0) is 14.8. The van der Waals surface area contributed by atoms with E-state index in [1.807, 2.05) is 48.5 Å². The van der Waals surface area contributed by atoms with Crippen molar-refractivity contribution in [1.29, 1.82) is 0 Å². The molecule has 0 aliphatic carbocycles. The molecule has 0 atom stereocenters. The van der Waals surface area contributed by atoms with Gasteiger partial charge >= 0.3 is 0 Å². The summed E-state index contributed by atoms with van der Waals surface area (Å²) in [4.78, 5) is 16.5. The van der Waals surface area contributed by atoms with E-state index in [0.29, 0.717) is 16.0 Å². The number of carbonyl (C=O) groups excluding carboxylic acids is 1. The van der Waals surface area contributed by atoms with Crippen LogP contribution < -0.4 is 5.32 Å². The van der Waals surface area contributed by atoms with Crippen LogP contribution in [-0.2, 0) is 0 Å². The van der Waals surface area contributed by atoms with Crippen LogP contribution in [0.2, 0.25) is 0 Å². The van der Waals surface area contributed by atoms with Crippen molar-refractivity contribution in [2.75, 3.05) is 5.32 Å². The first-order valence-electron chi connectivity index (χ1n) is 6.25. The Labute approximate surface area is 138 Å². The van der Waals surface area contributed by atoms with Crippen molar-refractivity contribution in [3.05, 3.63) is 69.2 Å². The van der Waals surface area contributed by atoms with Gasteiger partial charge in [0.25, 0.3) is 5.91 Å². The highest BCUT2D eigenvalue weighted by Gasteiger charge is 2.08. The summed E-state index contributed by atoms with van der Waals surface area (Å²) in [5.41, 5.74) is 0.603. The fourth-order valence-corrected chi connectivity index (χ4v) is 2.75. The molecule has 0 saturated heterocycles. The fourth-order valence-electron chi connectivity index (χ4n) is 2.02. The molecule has 3 rings (SSSR count). The molecule has 2 aromatic carbocycles. The Morgan fingerprint density at radius 1 is 0.952 bits per heavy atom. The number of fused-ring (bicyclic) bond motifs is 1. The van der Waals surface area contributed by atoms with E-state index in [1.165, 1.54) is 0 Å². The number of nitrogens with one attached hydrogen (secondary N) is 1. The molecule has 0 radical (unpaired) electrons. The van der Waals surface area contributed by atoms with Gasteiger partial charge in [0.2, 0.25) is 0 Å². The minimum atomic E-state index is -0.176. The third-order valence-corrected chi connectivity index (χ3v) is 3.96. The van der Waals surface area contributed by atoms with Crippen molar-refractivity contribution in [3.8, 4) is 0 Å². The molecule has 0 fully saturated rings. The molecule has 1 heterocycles. The second-order valence-corrected chi connectivity index (χ2v) is 6.23. The summed E-state index contributed by atoms with van der Waals surface area (Å²) < 4.78 is 1.70. The molecule has 0 spiro atoms. The number of hydrogen-bond donors (Lipinski definition) is 1. The van der Waals surface area contributed by atoms with Gasteiger partial charge < -0.3 is 5.32 Å². The molecule has 1 aromatic heterocycles. The molecule has 1 N–H and O–H groups in total. The molecule has 3 aromatic rings. The van der Waals surface area contributed by atoms with E-state index in [1.54, 1.807) is 6.07 Å². The Morgan fingerprint density at radius 2 is 1.71 bits per heavy atom. The molecule has 0 saturated carbocycles. The minimum absolute atomic E-state index is 0.176. The highest BCUT2D eigenvalue weighted by Crippen LogP contribution is 2.21. The standard InChI is InChI=1S/C16H10Br2N2O/c17-13-7-6-10-8-12(5-4-11(10)9-13)16(21)20-15-3-1-2-14(18)19-15/h1-9H,(H,19,20,21). The van der Waals surface area contributed by atoms with Crippen molar-refractivity contribution < 1.29 is 4.79 Å². The Balaban J connectivity index is 1.89. The molecule has 0 aliphatic heterocycles. The van der Waals surface area contributed by atoms with E-state index in [-0.39, 0.29) is 5.91 Å². The van der Waals surface area contributed by atoms with Gasteiger partial charge in [-0.3, -0.25) is 4.79 Å². The van der Waals surface area contributed by atoms with E-state index < -0.39 is 0 Å². The largest absolute Gasteiger partial charge is 0.307 e. The SMILES string of the molecule is O=C(Nc1cccc(Br)n1)c1ccc2cc(Br)ccc2c1. The summed E-state index contributed by atoms with van der Waals surface area (Å²) in [5, 5.41) is 4.89. The molecule has 0 aliphatic rings. The molecule has 1 amide bonds. The van der Waals surface area contributed by atoms with Crippen LogP contribution in [0.3, 0.4) is 0 Å². The van der Waals surface area contributed by atoms with Crippen LogP contribution in [0.4, 0.5) is 5.82 Å². The normalized spacial score (nSPS) is 10.6. The number of aromatic nitrogens is 1. The van der Waals surface area contributed by atoms with Crippen molar-refractivity contribution in [2.45, 2.75) is 0 Å². The van der Waals surface area contributed by atoms with Crippen molar-refractivity contribution in [2.24, 2.45) is 0 Å². The number of benzene rings is 2. The minimum Gasteiger partial charge on any atom is -0.307 e. The molecule has 3 nitrogen and oxygen atoms in total. The number of halogens is 2. The molecular weight excluding hydrogens is 396 g/mol. The van der Waals surface area contributed by atoms with Gasteiger partial charge in [-0.05, 0) is 63.1 Å². The summed E-state index contributed by atoms with van der Waals surface area (Å²) in [6.07, 6.45) is 0. The third kappa shape index (κ3) is 3.31. The summed E-state index contributed by atoms with van der Waals surface area (Å²) in [6.45, 7) is 0. The van der Waals surface area contributed by atoms with Crippen LogP contribution in [0.25, 0.3) is 10.8 Å². The predicted molar refractivity (Wildman–Crippen MR) is 91.5 cm³/mol. The average molecular weight is 406 g/mol. The monoisotopic (exact) mass is 404 g/mol. The van der Waals surface area contributed by atoms with E-state index in [9.17, 15) is 4.79 Å². The first-order valence-corrected chi connectivity index (χ1v) is 7.84. The van der Waals surface area contributed by atoms with Crippen molar-refractivity contribution >= 4 is 54.4 Å². The molecule has 21 heavy (non-hydrogen) atoms. The second kappa shape index (κ2) is 5.95. The maximum atomic E-state index is 12.3. The lowest BCUT2D eigenvalue weighted by atomic mass is 10.1. The van der Waals surface area contributed by atoms with Crippen molar-refractivity contribution in [1.82, 2.24) is 4.98 Å². The zero-order valence-corrected chi connectivity index (χ0v) is 14.0. The molecule has 5 heteroatoms. The lowest BCUT2D eigenvalue weighted by Crippen LogP contribution is -2.12. The van der Waals surface area contributed by atoms with E-state index in [4.69, 9.17) is 0 Å². The van der Waals surface area contributed by atoms with Gasteiger partial charge in [0.1, 0.15) is 10.4 Å². The molecular formula is C16H10Br2N2O. The highest BCUT2D eigenvalue weighted by atomic mass is 79.9. The van der Waals surface area contributed by atoms with Gasteiger partial charge in [-0.1, -0.05) is 34.1 Å². The fraction of sp³-hybridized carbons (Fsp3) is 0. The smallest absolute Gasteiger partial charge is 0.256 e. The summed E-state index contributed by atoms with van der Waals surface area (Å²) >= 11 is 6.72. The van der Waals surface area contributed by atoms with Crippen LogP contribution in [0.15, 0.2) is 63.7 Å². The van der Waals surface area contributed by atoms with Crippen LogP contribution in [0.5, 0.6) is 0 Å². The Hall–Kier alpha value is -1.72. The van der Waals surface area contributed by atoms with Gasteiger partial charge in [-0.15, -0.1) is 0 Å². The number of hydrogen-bond acceptors (Lipinski definition) is 2. The van der Waals surface area contributed by atoms with Crippen molar-refractivity contribution in [3.63, 3.8) is 0 Å². The molecule has 0 bridgehead atoms. The lowest BCUT2D eigenvalue weighted by Gasteiger charge is -2.06. The average Bonchev–Trinajstić information content (AvgIpc) is 2.46. The number of nitrogens with zero attached hydrogens (tertiary/aromatic N) is 1. The maximum absolute atomic E-state index is 12.3. The Bertz CT molecular complexity index is 833. The molecule has 104 valence electrons.